The highest BCUT2D eigenvalue weighted by atomic mass is 16.6. The second-order valence-electron chi connectivity index (χ2n) is 7.93. The molecule has 0 saturated carbocycles. The summed E-state index contributed by atoms with van der Waals surface area (Å²) in [5.74, 6) is 0.00445. The van der Waals surface area contributed by atoms with Crippen LogP contribution in [-0.2, 0) is 9.53 Å². The third-order valence-electron chi connectivity index (χ3n) is 4.50. The van der Waals surface area contributed by atoms with Crippen LogP contribution in [0.25, 0.3) is 0 Å². The summed E-state index contributed by atoms with van der Waals surface area (Å²) in [6.45, 7) is 10.0. The Kier molecular flexibility index (Phi) is 6.29. The highest BCUT2D eigenvalue weighted by Gasteiger charge is 2.36. The van der Waals surface area contributed by atoms with Gasteiger partial charge in [-0.1, -0.05) is 23.8 Å². The minimum Gasteiger partial charge on any atom is -0.444 e. The minimum atomic E-state index is -0.733. The third kappa shape index (κ3) is 5.21. The van der Waals surface area contributed by atoms with Gasteiger partial charge in [-0.15, -0.1) is 0 Å². The first kappa shape index (κ1) is 20.2. The number of hydrogen-bond acceptors (Lipinski definition) is 4. The number of hydrogen-bond donors (Lipinski definition) is 2. The topological polar surface area (TPSA) is 78.9 Å². The van der Waals surface area contributed by atoms with Crippen LogP contribution in [0.2, 0.25) is 0 Å². The number of alkyl carbamates (subject to hydrolysis) is 1. The van der Waals surface area contributed by atoms with Gasteiger partial charge in [-0.2, -0.15) is 0 Å². The Morgan fingerprint density at radius 1 is 1.38 bits per heavy atom. The van der Waals surface area contributed by atoms with Crippen molar-refractivity contribution in [3.05, 3.63) is 34.9 Å². The van der Waals surface area contributed by atoms with Crippen molar-refractivity contribution in [1.29, 1.82) is 0 Å². The zero-order valence-electron chi connectivity index (χ0n) is 16.3. The van der Waals surface area contributed by atoms with Crippen LogP contribution in [0.5, 0.6) is 0 Å². The maximum absolute atomic E-state index is 12.2. The molecule has 1 fully saturated rings. The van der Waals surface area contributed by atoms with Crippen LogP contribution in [-0.4, -0.2) is 46.7 Å². The van der Waals surface area contributed by atoms with Crippen molar-refractivity contribution < 1.29 is 19.4 Å². The second kappa shape index (κ2) is 8.08. The van der Waals surface area contributed by atoms with Crippen molar-refractivity contribution in [2.24, 2.45) is 0 Å². The van der Waals surface area contributed by atoms with Crippen molar-refractivity contribution in [1.82, 2.24) is 10.2 Å². The fourth-order valence-electron chi connectivity index (χ4n) is 3.33. The molecule has 1 heterocycles. The number of likely N-dealkylation sites (tertiary alicyclic amines) is 1. The van der Waals surface area contributed by atoms with E-state index in [4.69, 9.17) is 4.74 Å². The van der Waals surface area contributed by atoms with Crippen molar-refractivity contribution in [3.8, 4) is 0 Å². The molecule has 0 radical (unpaired) electrons. The van der Waals surface area contributed by atoms with E-state index in [2.05, 4.69) is 5.32 Å². The molecule has 0 unspecified atom stereocenters. The molecule has 144 valence electrons. The van der Waals surface area contributed by atoms with Gasteiger partial charge in [0.1, 0.15) is 5.60 Å². The Bertz CT molecular complexity index is 666. The number of ether oxygens (including phenoxy) is 1. The van der Waals surface area contributed by atoms with Gasteiger partial charge in [0.2, 0.25) is 5.91 Å². The van der Waals surface area contributed by atoms with Crippen LogP contribution in [0, 0.1) is 13.8 Å². The third-order valence-corrected chi connectivity index (χ3v) is 4.50. The maximum atomic E-state index is 12.2. The lowest BCUT2D eigenvalue weighted by molar-refractivity contribution is -0.130. The molecule has 2 atom stereocenters. The van der Waals surface area contributed by atoms with E-state index in [0.29, 0.717) is 19.4 Å². The molecule has 2 rings (SSSR count). The van der Waals surface area contributed by atoms with Crippen LogP contribution >= 0.6 is 0 Å². The molecule has 1 saturated heterocycles. The Balaban J connectivity index is 1.98. The first-order chi connectivity index (χ1) is 12.1. The smallest absolute Gasteiger partial charge is 0.407 e. The summed E-state index contributed by atoms with van der Waals surface area (Å²) >= 11 is 0. The molecule has 6 nitrogen and oxygen atoms in total. The van der Waals surface area contributed by atoms with E-state index in [1.807, 2.05) is 32.0 Å². The van der Waals surface area contributed by atoms with Gasteiger partial charge in [0.05, 0.1) is 12.1 Å². The van der Waals surface area contributed by atoms with Gasteiger partial charge in [0, 0.05) is 19.5 Å². The fraction of sp³-hybridized carbons (Fsp3) is 0.600. The Hall–Kier alpha value is -2.08. The van der Waals surface area contributed by atoms with E-state index < -0.39 is 17.8 Å². The molecule has 0 aliphatic carbocycles. The van der Waals surface area contributed by atoms with Gasteiger partial charge in [0.15, 0.2) is 0 Å². The van der Waals surface area contributed by atoms with E-state index in [0.717, 1.165) is 16.7 Å². The monoisotopic (exact) mass is 362 g/mol. The van der Waals surface area contributed by atoms with E-state index >= 15 is 0 Å². The molecule has 0 bridgehead atoms. The van der Waals surface area contributed by atoms with Gasteiger partial charge in [-0.05, 0) is 52.2 Å². The van der Waals surface area contributed by atoms with Crippen LogP contribution in [0.15, 0.2) is 18.2 Å². The van der Waals surface area contributed by atoms with E-state index in [9.17, 15) is 14.7 Å². The van der Waals surface area contributed by atoms with Gasteiger partial charge in [0.25, 0.3) is 0 Å². The lowest BCUT2D eigenvalue weighted by Gasteiger charge is -2.30. The van der Waals surface area contributed by atoms with Gasteiger partial charge in [-0.25, -0.2) is 4.79 Å². The first-order valence-corrected chi connectivity index (χ1v) is 9.10. The zero-order chi connectivity index (χ0) is 19.5. The summed E-state index contributed by atoms with van der Waals surface area (Å²) in [6, 6.07) is 5.65. The van der Waals surface area contributed by atoms with Crippen molar-refractivity contribution in [2.45, 2.75) is 65.2 Å². The SMILES string of the molecule is Cc1ccc([C@@H](O)[C@@H]2CCC(=O)N2CCNC(=O)OC(C)(C)C)c(C)c1. The lowest BCUT2D eigenvalue weighted by atomic mass is 9.95. The quantitative estimate of drug-likeness (QED) is 0.844. The summed E-state index contributed by atoms with van der Waals surface area (Å²) < 4.78 is 5.20. The van der Waals surface area contributed by atoms with Crippen molar-refractivity contribution in [3.63, 3.8) is 0 Å². The number of carbonyl (C=O) groups excluding carboxylic acids is 2. The second-order valence-corrected chi connectivity index (χ2v) is 7.93. The molecular formula is C20H30N2O4. The van der Waals surface area contributed by atoms with E-state index in [-0.39, 0.29) is 18.5 Å². The molecule has 1 aliphatic heterocycles. The van der Waals surface area contributed by atoms with Gasteiger partial charge < -0.3 is 20.1 Å². The maximum Gasteiger partial charge on any atom is 0.407 e. The molecule has 26 heavy (non-hydrogen) atoms. The van der Waals surface area contributed by atoms with Crippen molar-refractivity contribution in [2.75, 3.05) is 13.1 Å². The van der Waals surface area contributed by atoms with Gasteiger partial charge >= 0.3 is 6.09 Å². The van der Waals surface area contributed by atoms with Crippen LogP contribution in [0.4, 0.5) is 4.79 Å². The van der Waals surface area contributed by atoms with E-state index in [1.165, 1.54) is 0 Å². The Morgan fingerprint density at radius 3 is 2.69 bits per heavy atom. The number of carbonyl (C=O) groups is 2. The highest BCUT2D eigenvalue weighted by Crippen LogP contribution is 2.31. The average Bonchev–Trinajstić information content (AvgIpc) is 2.86. The zero-order valence-corrected chi connectivity index (χ0v) is 16.3. The number of aliphatic hydroxyl groups is 1. The lowest BCUT2D eigenvalue weighted by Crippen LogP contribution is -2.43. The summed E-state index contributed by atoms with van der Waals surface area (Å²) in [4.78, 5) is 25.6. The molecule has 0 aromatic heterocycles. The van der Waals surface area contributed by atoms with Gasteiger partial charge in [-0.3, -0.25) is 4.79 Å². The summed E-state index contributed by atoms with van der Waals surface area (Å²) in [7, 11) is 0. The molecule has 1 aromatic carbocycles. The molecule has 1 aromatic rings. The number of aryl methyl sites for hydroxylation is 2. The molecule has 0 spiro atoms. The molecular weight excluding hydrogens is 332 g/mol. The summed E-state index contributed by atoms with van der Waals surface area (Å²) in [6.07, 6.45) is -0.210. The van der Waals surface area contributed by atoms with Crippen molar-refractivity contribution >= 4 is 12.0 Å². The normalized spacial score (nSPS) is 18.8. The van der Waals surface area contributed by atoms with Crippen LogP contribution in [0.1, 0.15) is 56.4 Å². The highest BCUT2D eigenvalue weighted by molar-refractivity contribution is 5.79. The number of nitrogens with one attached hydrogen (secondary N) is 1. The molecule has 1 aliphatic rings. The number of benzene rings is 1. The first-order valence-electron chi connectivity index (χ1n) is 9.10. The van der Waals surface area contributed by atoms with Crippen LogP contribution in [0.3, 0.4) is 0 Å². The fourth-order valence-corrected chi connectivity index (χ4v) is 3.33. The molecule has 2 amide bonds. The van der Waals surface area contributed by atoms with Crippen LogP contribution < -0.4 is 5.32 Å². The number of aliphatic hydroxyl groups excluding tert-OH is 1. The molecule has 6 heteroatoms. The Morgan fingerprint density at radius 2 is 2.08 bits per heavy atom. The average molecular weight is 362 g/mol. The summed E-state index contributed by atoms with van der Waals surface area (Å²) in [5, 5.41) is 13.5. The minimum absolute atomic E-state index is 0.00445. The number of amides is 2. The Labute approximate surface area is 155 Å². The summed E-state index contributed by atoms with van der Waals surface area (Å²) in [5.41, 5.74) is 2.44. The molecule has 2 N–H and O–H groups in total. The number of nitrogens with zero attached hydrogens (tertiary/aromatic N) is 1. The number of rotatable bonds is 5. The largest absolute Gasteiger partial charge is 0.444 e. The van der Waals surface area contributed by atoms with E-state index in [1.54, 1.807) is 25.7 Å². The standard InChI is InChI=1S/C20H30N2O4/c1-13-6-7-15(14(2)12-13)18(24)16-8-9-17(23)22(16)11-10-21-19(25)26-20(3,4)5/h6-7,12,16,18,24H,8-11H2,1-5H3,(H,21,25)/t16-,18+/m0/s1. The predicted octanol–water partition coefficient (Wildman–Crippen LogP) is 2.85. The predicted molar refractivity (Wildman–Crippen MR) is 99.8 cm³/mol.